The Balaban J connectivity index is 2.25. The maximum Gasteiger partial charge on any atom is 0.331 e. The summed E-state index contributed by atoms with van der Waals surface area (Å²) in [5.74, 6) is -0.646. The highest BCUT2D eigenvalue weighted by Gasteiger charge is 2.19. The molecule has 8 heteroatoms. The number of cyclic esters (lactones) is 2. The first-order chi connectivity index (χ1) is 18.0. The number of aryl methyl sites for hydroxylation is 1. The molecule has 0 aromatic carbocycles. The minimum Gasteiger partial charge on any atom is -0.462 e. The van der Waals surface area contributed by atoms with E-state index in [2.05, 4.69) is 29.7 Å². The molecule has 1 aromatic rings. The second-order valence-corrected chi connectivity index (χ2v) is 11.3. The molecule has 3 N–H and O–H groups in total. The fourth-order valence-corrected chi connectivity index (χ4v) is 4.75. The number of nitrogens with zero attached hydrogens (tertiary/aromatic N) is 2. The number of ether oxygens (including phenoxy) is 2. The first-order valence-electron chi connectivity index (χ1n) is 13.2. The Bertz CT molecular complexity index is 1080. The van der Waals surface area contributed by atoms with E-state index in [1.165, 1.54) is 11.6 Å². The van der Waals surface area contributed by atoms with Crippen molar-refractivity contribution in [1.29, 1.82) is 0 Å². The van der Waals surface area contributed by atoms with Gasteiger partial charge in [-0.15, -0.1) is 11.3 Å². The molecular formula is C30H44N3O4S+. The van der Waals surface area contributed by atoms with Crippen molar-refractivity contribution >= 4 is 23.3 Å². The number of thiazole rings is 1. The topological polar surface area (TPSA) is 96.4 Å². The fraction of sp³-hybridized carbons (Fsp3) is 0.500. The molecule has 1 aliphatic rings. The van der Waals surface area contributed by atoms with Gasteiger partial charge in [-0.05, 0) is 54.3 Å². The van der Waals surface area contributed by atoms with E-state index in [-0.39, 0.29) is 24.5 Å². The number of hydrogen-bond donors (Lipinski definition) is 1. The van der Waals surface area contributed by atoms with Crippen molar-refractivity contribution in [3.05, 3.63) is 75.3 Å². The van der Waals surface area contributed by atoms with Crippen LogP contribution in [0.25, 0.3) is 0 Å². The van der Waals surface area contributed by atoms with E-state index in [0.29, 0.717) is 12.8 Å². The Hall–Kier alpha value is -2.81. The van der Waals surface area contributed by atoms with Crippen molar-refractivity contribution < 1.29 is 24.8 Å². The van der Waals surface area contributed by atoms with Crippen LogP contribution in [0, 0.1) is 0 Å². The lowest BCUT2D eigenvalue weighted by Gasteiger charge is -2.14. The highest BCUT2D eigenvalue weighted by Crippen LogP contribution is 2.18. The molecule has 2 heterocycles. The summed E-state index contributed by atoms with van der Waals surface area (Å²) in [6.45, 7) is 8.78. The molecule has 7 nitrogen and oxygen atoms in total. The largest absolute Gasteiger partial charge is 0.462 e. The van der Waals surface area contributed by atoms with Gasteiger partial charge in [0, 0.05) is 37.3 Å². The zero-order chi connectivity index (χ0) is 28.1. The van der Waals surface area contributed by atoms with Crippen LogP contribution in [0.5, 0.6) is 0 Å². The van der Waals surface area contributed by atoms with Crippen LogP contribution in [0.15, 0.2) is 64.6 Å². The molecule has 0 unspecified atom stereocenters. The first-order valence-corrected chi connectivity index (χ1v) is 14.1. The Kier molecular flexibility index (Phi) is 13.4. The highest BCUT2D eigenvalue weighted by molar-refractivity contribution is 7.09. The van der Waals surface area contributed by atoms with Gasteiger partial charge in [-0.1, -0.05) is 47.1 Å². The van der Waals surface area contributed by atoms with Crippen molar-refractivity contribution in [3.8, 4) is 0 Å². The summed E-state index contributed by atoms with van der Waals surface area (Å²) in [6.07, 6.45) is 15.4. The third-order valence-corrected chi connectivity index (χ3v) is 6.82. The van der Waals surface area contributed by atoms with E-state index in [1.54, 1.807) is 17.4 Å². The molecule has 0 radical (unpaired) electrons. The molecule has 1 aromatic heterocycles. The van der Waals surface area contributed by atoms with Crippen LogP contribution >= 0.6 is 11.3 Å². The molecule has 3 atom stereocenters. The maximum absolute atomic E-state index is 12.6. The summed E-state index contributed by atoms with van der Waals surface area (Å²) in [7, 11) is 4.08. The second kappa shape index (κ2) is 16.2. The molecule has 0 saturated heterocycles. The van der Waals surface area contributed by atoms with Gasteiger partial charge in [0.25, 0.3) is 0 Å². The smallest absolute Gasteiger partial charge is 0.331 e. The van der Waals surface area contributed by atoms with Gasteiger partial charge < -0.3 is 20.1 Å². The van der Waals surface area contributed by atoms with E-state index in [0.717, 1.165) is 41.2 Å². The summed E-state index contributed by atoms with van der Waals surface area (Å²) in [4.78, 5) is 31.8. The average molecular weight is 543 g/mol. The van der Waals surface area contributed by atoms with Crippen molar-refractivity contribution in [2.24, 2.45) is 0 Å². The number of carbonyl (C=O) groups excluding carboxylic acids is 2. The van der Waals surface area contributed by atoms with Gasteiger partial charge in [-0.2, -0.15) is 0 Å². The van der Waals surface area contributed by atoms with Crippen LogP contribution in [-0.2, 0) is 31.9 Å². The minimum absolute atomic E-state index is 0.0391. The average Bonchev–Trinajstić information content (AvgIpc) is 3.26. The second-order valence-electron chi connectivity index (χ2n) is 10.4. The number of fused-ring (bicyclic) bond motifs is 2. The fourth-order valence-electron chi connectivity index (χ4n) is 3.88. The maximum atomic E-state index is 12.6. The normalized spacial score (nSPS) is 25.7. The number of esters is 2. The number of allylic oxidation sites excluding steroid dienone is 6. The van der Waals surface area contributed by atoms with E-state index in [1.807, 2.05) is 58.5 Å². The molecule has 0 amide bonds. The molecule has 0 fully saturated rings. The van der Waals surface area contributed by atoms with E-state index in [9.17, 15) is 9.59 Å². The molecule has 38 heavy (non-hydrogen) atoms. The van der Waals surface area contributed by atoms with Gasteiger partial charge in [0.15, 0.2) is 0 Å². The number of aromatic nitrogens is 1. The van der Waals surface area contributed by atoms with Crippen LogP contribution in [0.2, 0.25) is 0 Å². The molecule has 208 valence electrons. The van der Waals surface area contributed by atoms with Gasteiger partial charge in [-0.25, -0.2) is 9.78 Å². The summed E-state index contributed by atoms with van der Waals surface area (Å²) < 4.78 is 11.4. The lowest BCUT2D eigenvalue weighted by Crippen LogP contribution is -2.61. The quantitative estimate of drug-likeness (QED) is 0.438. The third-order valence-electron chi connectivity index (χ3n) is 5.90. The Morgan fingerprint density at radius 1 is 1.16 bits per heavy atom. The lowest BCUT2D eigenvalue weighted by molar-refractivity contribution is -0.420. The Morgan fingerprint density at radius 2 is 1.89 bits per heavy atom. The summed E-state index contributed by atoms with van der Waals surface area (Å²) in [6, 6.07) is -0.0391. The number of quaternary nitrogens is 1. The van der Waals surface area contributed by atoms with E-state index < -0.39 is 12.1 Å². The molecule has 0 saturated carbocycles. The molecular weight excluding hydrogens is 498 g/mol. The standard InChI is InChI=1S/C30H43N3O4S/c1-21(14-15-33(5)6)10-11-23(3)17-27-19-28-32-26(20-38-28)13-12-25(31)18-30(35)36-24(4)16-22(2)8-7-9-29(34)37-27/h7-11,14,17,20,24-25,27H,12-13,15-16,18-19,31H2,1-6H3/p+1/b9-7-,11-10+,21-14+,22-8+,23-17+/t24-,25+,27+/m0/s1. The number of likely N-dealkylation sites (N-methyl/N-ethyl adjacent to an activating group) is 1. The van der Waals surface area contributed by atoms with E-state index in [4.69, 9.17) is 14.5 Å². The SMILES string of the molecule is CC(/C=C/C(C)=C/[C@@H]1Cc2nc(cs2)CC[C@@H]([NH3+])CC(=O)O[C@@H](C)C/C(C)=C/C=C\C(=O)O1)=C\CN(C)C. The van der Waals surface area contributed by atoms with Crippen LogP contribution in [0.4, 0.5) is 0 Å². The number of rotatable bonds is 5. The zero-order valence-corrected chi connectivity index (χ0v) is 24.6. The van der Waals surface area contributed by atoms with Gasteiger partial charge >= 0.3 is 11.9 Å². The monoisotopic (exact) mass is 542 g/mol. The molecule has 2 rings (SSSR count). The molecule has 1 aliphatic heterocycles. The van der Waals surface area contributed by atoms with Gasteiger partial charge in [0.05, 0.1) is 23.2 Å². The van der Waals surface area contributed by atoms with Crippen molar-refractivity contribution in [2.45, 2.75) is 78.0 Å². The van der Waals surface area contributed by atoms with Crippen molar-refractivity contribution in [2.75, 3.05) is 20.6 Å². The highest BCUT2D eigenvalue weighted by atomic mass is 32.1. The Morgan fingerprint density at radius 3 is 2.63 bits per heavy atom. The summed E-state index contributed by atoms with van der Waals surface area (Å²) in [5.41, 5.74) is 8.28. The van der Waals surface area contributed by atoms with Gasteiger partial charge in [0.1, 0.15) is 12.2 Å². The first kappa shape index (κ1) is 31.4. The predicted molar refractivity (Wildman–Crippen MR) is 154 cm³/mol. The molecule has 2 bridgehead atoms. The Labute approximate surface area is 231 Å². The van der Waals surface area contributed by atoms with Crippen LogP contribution in [-0.4, -0.2) is 60.7 Å². The molecule has 0 aliphatic carbocycles. The summed E-state index contributed by atoms with van der Waals surface area (Å²) in [5, 5.41) is 2.93. The van der Waals surface area contributed by atoms with Crippen molar-refractivity contribution in [3.63, 3.8) is 0 Å². The third kappa shape index (κ3) is 13.1. The zero-order valence-electron chi connectivity index (χ0n) is 23.7. The van der Waals surface area contributed by atoms with Crippen LogP contribution in [0.1, 0.15) is 57.7 Å². The predicted octanol–water partition coefficient (Wildman–Crippen LogP) is 4.38. The van der Waals surface area contributed by atoms with Crippen LogP contribution < -0.4 is 5.73 Å². The number of hydrogen-bond acceptors (Lipinski definition) is 7. The van der Waals surface area contributed by atoms with Gasteiger partial charge in [-0.3, -0.25) is 4.79 Å². The number of carbonyl (C=O) groups is 2. The van der Waals surface area contributed by atoms with Crippen LogP contribution in [0.3, 0.4) is 0 Å². The van der Waals surface area contributed by atoms with Gasteiger partial charge in [0.2, 0.25) is 0 Å². The summed E-state index contributed by atoms with van der Waals surface area (Å²) >= 11 is 1.56. The minimum atomic E-state index is -0.444. The van der Waals surface area contributed by atoms with E-state index >= 15 is 0 Å². The van der Waals surface area contributed by atoms with Crippen molar-refractivity contribution in [1.82, 2.24) is 9.88 Å². The lowest BCUT2D eigenvalue weighted by atomic mass is 10.1. The molecule has 0 spiro atoms.